The summed E-state index contributed by atoms with van der Waals surface area (Å²) in [6.45, 7) is 2.39. The first-order valence-electron chi connectivity index (χ1n) is 6.05. The van der Waals surface area contributed by atoms with E-state index in [2.05, 4.69) is 0 Å². The molecule has 0 aliphatic heterocycles. The van der Waals surface area contributed by atoms with E-state index in [0.29, 0.717) is 17.8 Å². The molecule has 2 rings (SSSR count). The van der Waals surface area contributed by atoms with Crippen LogP contribution in [0.1, 0.15) is 17.3 Å². The normalized spacial score (nSPS) is 10.2. The number of hydrogen-bond acceptors (Lipinski definition) is 2. The molecule has 0 heterocycles. The van der Waals surface area contributed by atoms with Crippen LogP contribution in [0.5, 0.6) is 0 Å². The van der Waals surface area contributed by atoms with Gasteiger partial charge in [0, 0.05) is 23.5 Å². The minimum absolute atomic E-state index is 0.173. The minimum atomic E-state index is -0.358. The Morgan fingerprint density at radius 1 is 1.21 bits per heavy atom. The average Bonchev–Trinajstić information content (AvgIpc) is 2.40. The number of nitrogens with zero attached hydrogens (tertiary/aromatic N) is 1. The molecule has 0 bridgehead atoms. The molecule has 0 unspecified atom stereocenters. The molecule has 98 valence electrons. The fourth-order valence-corrected chi connectivity index (χ4v) is 1.88. The molecule has 0 saturated carbocycles. The van der Waals surface area contributed by atoms with Gasteiger partial charge in [-0.1, -0.05) is 6.07 Å². The number of anilines is 2. The van der Waals surface area contributed by atoms with Gasteiger partial charge in [-0.15, -0.1) is 0 Å². The molecular formula is C15H15FN2O. The zero-order valence-corrected chi connectivity index (χ0v) is 10.6. The predicted molar refractivity (Wildman–Crippen MR) is 74.6 cm³/mol. The number of halogens is 1. The molecule has 0 aliphatic rings. The molecule has 4 heteroatoms. The first-order chi connectivity index (χ1) is 9.11. The molecule has 0 radical (unpaired) electrons. The molecule has 2 aromatic carbocycles. The van der Waals surface area contributed by atoms with Crippen LogP contribution in [-0.2, 0) is 0 Å². The van der Waals surface area contributed by atoms with Gasteiger partial charge in [-0.3, -0.25) is 4.79 Å². The highest BCUT2D eigenvalue weighted by atomic mass is 19.1. The molecule has 2 aromatic rings. The summed E-state index contributed by atoms with van der Waals surface area (Å²) in [6, 6.07) is 12.6. The molecule has 1 amide bonds. The van der Waals surface area contributed by atoms with Crippen LogP contribution < -0.4 is 10.6 Å². The summed E-state index contributed by atoms with van der Waals surface area (Å²) in [6.07, 6.45) is 0. The summed E-state index contributed by atoms with van der Waals surface area (Å²) in [5.74, 6) is -0.531. The smallest absolute Gasteiger partial charge is 0.258 e. The third kappa shape index (κ3) is 2.91. The number of carbonyl (C=O) groups excluding carboxylic acids is 1. The Kier molecular flexibility index (Phi) is 3.80. The van der Waals surface area contributed by atoms with Gasteiger partial charge in [0.2, 0.25) is 0 Å². The highest BCUT2D eigenvalue weighted by Crippen LogP contribution is 2.19. The van der Waals surface area contributed by atoms with Crippen molar-refractivity contribution in [1.82, 2.24) is 0 Å². The van der Waals surface area contributed by atoms with Gasteiger partial charge in [0.25, 0.3) is 5.91 Å². The van der Waals surface area contributed by atoms with E-state index >= 15 is 0 Å². The zero-order valence-electron chi connectivity index (χ0n) is 10.6. The van der Waals surface area contributed by atoms with E-state index in [1.165, 1.54) is 24.3 Å². The van der Waals surface area contributed by atoms with Gasteiger partial charge in [0.1, 0.15) is 5.82 Å². The lowest BCUT2D eigenvalue weighted by atomic mass is 10.1. The van der Waals surface area contributed by atoms with Crippen molar-refractivity contribution in [2.24, 2.45) is 0 Å². The number of rotatable bonds is 3. The van der Waals surface area contributed by atoms with Crippen molar-refractivity contribution in [2.45, 2.75) is 6.92 Å². The van der Waals surface area contributed by atoms with E-state index < -0.39 is 0 Å². The Balaban J connectivity index is 2.31. The zero-order chi connectivity index (χ0) is 13.8. The van der Waals surface area contributed by atoms with Gasteiger partial charge >= 0.3 is 0 Å². The summed E-state index contributed by atoms with van der Waals surface area (Å²) in [5.41, 5.74) is 7.50. The summed E-state index contributed by atoms with van der Waals surface area (Å²) in [4.78, 5) is 14.0. The van der Waals surface area contributed by atoms with Crippen molar-refractivity contribution in [2.75, 3.05) is 17.2 Å². The lowest BCUT2D eigenvalue weighted by Gasteiger charge is -2.21. The number of nitrogens with two attached hydrogens (primary N) is 1. The van der Waals surface area contributed by atoms with Crippen LogP contribution in [0.25, 0.3) is 0 Å². The molecule has 0 atom stereocenters. The fourth-order valence-electron chi connectivity index (χ4n) is 1.88. The number of hydrogen-bond donors (Lipinski definition) is 1. The number of carbonyl (C=O) groups is 1. The van der Waals surface area contributed by atoms with E-state index in [0.717, 1.165) is 5.69 Å². The van der Waals surface area contributed by atoms with Crippen LogP contribution in [0.3, 0.4) is 0 Å². The van der Waals surface area contributed by atoms with E-state index in [1.807, 2.05) is 13.0 Å². The van der Waals surface area contributed by atoms with Crippen molar-refractivity contribution in [3.05, 3.63) is 59.9 Å². The summed E-state index contributed by atoms with van der Waals surface area (Å²) < 4.78 is 12.9. The average molecular weight is 258 g/mol. The molecule has 3 nitrogen and oxygen atoms in total. The van der Waals surface area contributed by atoms with Gasteiger partial charge in [0.05, 0.1) is 0 Å². The molecule has 0 spiro atoms. The van der Waals surface area contributed by atoms with Crippen LogP contribution >= 0.6 is 0 Å². The second kappa shape index (κ2) is 5.52. The topological polar surface area (TPSA) is 46.3 Å². The Bertz CT molecular complexity index is 581. The van der Waals surface area contributed by atoms with Crippen molar-refractivity contribution in [1.29, 1.82) is 0 Å². The maximum absolute atomic E-state index is 12.9. The molecule has 19 heavy (non-hydrogen) atoms. The molecule has 0 aromatic heterocycles. The highest BCUT2D eigenvalue weighted by Gasteiger charge is 2.16. The van der Waals surface area contributed by atoms with Gasteiger partial charge in [-0.2, -0.15) is 0 Å². The van der Waals surface area contributed by atoms with Crippen LogP contribution in [0.4, 0.5) is 15.8 Å². The van der Waals surface area contributed by atoms with Crippen molar-refractivity contribution in [3.8, 4) is 0 Å². The second-order valence-electron chi connectivity index (χ2n) is 4.15. The van der Waals surface area contributed by atoms with Crippen LogP contribution in [-0.4, -0.2) is 12.5 Å². The van der Waals surface area contributed by atoms with Crippen LogP contribution in [0, 0.1) is 5.82 Å². The summed E-state index contributed by atoms with van der Waals surface area (Å²) in [5, 5.41) is 0. The SMILES string of the molecule is CCN(C(=O)c1ccc(F)cc1)c1cccc(N)c1. The molecular weight excluding hydrogens is 243 g/mol. The van der Waals surface area contributed by atoms with Crippen LogP contribution in [0.2, 0.25) is 0 Å². The number of amides is 1. The van der Waals surface area contributed by atoms with E-state index in [-0.39, 0.29) is 11.7 Å². The van der Waals surface area contributed by atoms with Crippen molar-refractivity contribution in [3.63, 3.8) is 0 Å². The molecule has 0 aliphatic carbocycles. The predicted octanol–water partition coefficient (Wildman–Crippen LogP) is 3.07. The second-order valence-corrected chi connectivity index (χ2v) is 4.15. The number of benzene rings is 2. The van der Waals surface area contributed by atoms with Gasteiger partial charge < -0.3 is 10.6 Å². The van der Waals surface area contributed by atoms with Gasteiger partial charge in [-0.05, 0) is 49.4 Å². The Morgan fingerprint density at radius 2 is 1.89 bits per heavy atom. The van der Waals surface area contributed by atoms with E-state index in [9.17, 15) is 9.18 Å². The van der Waals surface area contributed by atoms with Gasteiger partial charge in [-0.25, -0.2) is 4.39 Å². The van der Waals surface area contributed by atoms with Gasteiger partial charge in [0.15, 0.2) is 0 Å². The van der Waals surface area contributed by atoms with Crippen molar-refractivity contribution >= 4 is 17.3 Å². The minimum Gasteiger partial charge on any atom is -0.399 e. The third-order valence-corrected chi connectivity index (χ3v) is 2.83. The fraction of sp³-hybridized carbons (Fsp3) is 0.133. The van der Waals surface area contributed by atoms with Crippen molar-refractivity contribution < 1.29 is 9.18 Å². The maximum atomic E-state index is 12.9. The molecule has 2 N–H and O–H groups in total. The summed E-state index contributed by atoms with van der Waals surface area (Å²) in [7, 11) is 0. The lowest BCUT2D eigenvalue weighted by Crippen LogP contribution is -2.30. The monoisotopic (exact) mass is 258 g/mol. The Morgan fingerprint density at radius 3 is 2.47 bits per heavy atom. The first kappa shape index (κ1) is 13.1. The standard InChI is InChI=1S/C15H15FN2O/c1-2-18(14-5-3-4-13(17)10-14)15(19)11-6-8-12(16)9-7-11/h3-10H,2,17H2,1H3. The highest BCUT2D eigenvalue weighted by molar-refractivity contribution is 6.06. The Labute approximate surface area is 111 Å². The molecule has 0 saturated heterocycles. The van der Waals surface area contributed by atoms with E-state index in [1.54, 1.807) is 23.1 Å². The number of nitrogen functional groups attached to an aromatic ring is 1. The summed E-state index contributed by atoms with van der Waals surface area (Å²) >= 11 is 0. The largest absolute Gasteiger partial charge is 0.399 e. The molecule has 0 fully saturated rings. The lowest BCUT2D eigenvalue weighted by molar-refractivity contribution is 0.0988. The quantitative estimate of drug-likeness (QED) is 0.860. The maximum Gasteiger partial charge on any atom is 0.258 e. The third-order valence-electron chi connectivity index (χ3n) is 2.83. The Hall–Kier alpha value is -2.36. The van der Waals surface area contributed by atoms with Crippen LogP contribution in [0.15, 0.2) is 48.5 Å². The van der Waals surface area contributed by atoms with E-state index in [4.69, 9.17) is 5.73 Å². The first-order valence-corrected chi connectivity index (χ1v) is 6.05.